The molecule has 2 atom stereocenters. The lowest BCUT2D eigenvalue weighted by atomic mass is 10.0. The molecule has 5 nitrogen and oxygen atoms in total. The van der Waals surface area contributed by atoms with E-state index in [1.807, 2.05) is 30.3 Å². The third kappa shape index (κ3) is 5.27. The molecule has 6 heteroatoms. The highest BCUT2D eigenvalue weighted by molar-refractivity contribution is 6.31. The number of nitrogens with one attached hydrogen (secondary N) is 1. The predicted molar refractivity (Wildman–Crippen MR) is 90.3 cm³/mol. The van der Waals surface area contributed by atoms with E-state index in [-0.39, 0.29) is 13.0 Å². The Morgan fingerprint density at radius 2 is 1.88 bits per heavy atom. The summed E-state index contributed by atoms with van der Waals surface area (Å²) in [6, 6.07) is 17.2. The second-order valence-corrected chi connectivity index (χ2v) is 5.59. The lowest BCUT2D eigenvalue weighted by molar-refractivity contribution is 0.119. The van der Waals surface area contributed by atoms with E-state index < -0.39 is 18.2 Å². The van der Waals surface area contributed by atoms with Crippen LogP contribution in [0, 0.1) is 11.3 Å². The fourth-order valence-corrected chi connectivity index (χ4v) is 2.36. The Labute approximate surface area is 145 Å². The van der Waals surface area contributed by atoms with Crippen molar-refractivity contribution in [2.45, 2.75) is 25.2 Å². The van der Waals surface area contributed by atoms with Crippen LogP contribution in [0.4, 0.5) is 4.79 Å². The van der Waals surface area contributed by atoms with Crippen LogP contribution in [0.1, 0.15) is 11.1 Å². The Balaban J connectivity index is 1.97. The second-order valence-electron chi connectivity index (χ2n) is 5.18. The Morgan fingerprint density at radius 3 is 2.54 bits per heavy atom. The van der Waals surface area contributed by atoms with Crippen LogP contribution in [-0.2, 0) is 17.8 Å². The van der Waals surface area contributed by atoms with Crippen LogP contribution >= 0.6 is 11.6 Å². The van der Waals surface area contributed by atoms with Crippen molar-refractivity contribution in [3.05, 3.63) is 70.7 Å². The summed E-state index contributed by atoms with van der Waals surface area (Å²) in [6.45, 7) is 0.105. The maximum absolute atomic E-state index is 11.9. The first-order valence-electron chi connectivity index (χ1n) is 7.38. The number of rotatable bonds is 6. The van der Waals surface area contributed by atoms with Gasteiger partial charge in [-0.05, 0) is 23.6 Å². The third-order valence-corrected chi connectivity index (χ3v) is 3.80. The Bertz CT molecular complexity index is 716. The van der Waals surface area contributed by atoms with E-state index in [1.54, 1.807) is 30.3 Å². The van der Waals surface area contributed by atoms with Crippen molar-refractivity contribution in [3.8, 4) is 6.07 Å². The minimum absolute atomic E-state index is 0.105. The average Bonchev–Trinajstić information content (AvgIpc) is 2.61. The first-order chi connectivity index (χ1) is 11.6. The third-order valence-electron chi connectivity index (χ3n) is 3.43. The molecule has 2 unspecified atom stereocenters. The number of benzene rings is 2. The molecule has 1 amide bonds. The van der Waals surface area contributed by atoms with E-state index in [0.29, 0.717) is 5.02 Å². The number of aliphatic hydroxyl groups is 1. The maximum atomic E-state index is 11.9. The molecule has 0 saturated carbocycles. The van der Waals surface area contributed by atoms with Gasteiger partial charge in [-0.3, -0.25) is 0 Å². The second kappa shape index (κ2) is 8.92. The van der Waals surface area contributed by atoms with E-state index >= 15 is 0 Å². The molecule has 124 valence electrons. The molecule has 0 aliphatic rings. The van der Waals surface area contributed by atoms with Crippen molar-refractivity contribution >= 4 is 17.7 Å². The number of alkyl carbamates (subject to hydrolysis) is 1. The minimum Gasteiger partial charge on any atom is -0.445 e. The molecular weight excluding hydrogens is 328 g/mol. The Kier molecular flexibility index (Phi) is 6.62. The summed E-state index contributed by atoms with van der Waals surface area (Å²) in [4.78, 5) is 11.9. The summed E-state index contributed by atoms with van der Waals surface area (Å²) in [5, 5.41) is 21.8. The van der Waals surface area contributed by atoms with Gasteiger partial charge in [-0.2, -0.15) is 5.26 Å². The molecule has 0 aliphatic heterocycles. The van der Waals surface area contributed by atoms with E-state index in [4.69, 9.17) is 21.6 Å². The Hall–Kier alpha value is -2.55. The number of nitriles is 1. The molecule has 2 aromatic carbocycles. The van der Waals surface area contributed by atoms with Gasteiger partial charge in [-0.15, -0.1) is 0 Å². The van der Waals surface area contributed by atoms with Gasteiger partial charge in [-0.1, -0.05) is 60.1 Å². The van der Waals surface area contributed by atoms with E-state index in [0.717, 1.165) is 11.1 Å². The molecule has 0 aromatic heterocycles. The van der Waals surface area contributed by atoms with E-state index in [2.05, 4.69) is 5.32 Å². The molecule has 2 aromatic rings. The fourth-order valence-electron chi connectivity index (χ4n) is 2.15. The number of aliphatic hydroxyl groups excluding tert-OH is 1. The summed E-state index contributed by atoms with van der Waals surface area (Å²) in [5.74, 6) is 0. The minimum atomic E-state index is -1.37. The first kappa shape index (κ1) is 17.8. The largest absolute Gasteiger partial charge is 0.445 e. The summed E-state index contributed by atoms with van der Waals surface area (Å²) in [5.41, 5.74) is 1.57. The number of hydrogen-bond acceptors (Lipinski definition) is 4. The van der Waals surface area contributed by atoms with Crippen LogP contribution in [-0.4, -0.2) is 23.3 Å². The van der Waals surface area contributed by atoms with Crippen LogP contribution in [0.3, 0.4) is 0 Å². The van der Waals surface area contributed by atoms with Gasteiger partial charge >= 0.3 is 6.09 Å². The van der Waals surface area contributed by atoms with Crippen LogP contribution in [0.15, 0.2) is 54.6 Å². The van der Waals surface area contributed by atoms with Gasteiger partial charge in [0.2, 0.25) is 0 Å². The average molecular weight is 345 g/mol. The van der Waals surface area contributed by atoms with Crippen molar-refractivity contribution in [2.24, 2.45) is 0 Å². The van der Waals surface area contributed by atoms with Gasteiger partial charge in [0.05, 0.1) is 12.1 Å². The molecule has 0 spiro atoms. The predicted octanol–water partition coefficient (Wildman–Crippen LogP) is 3.06. The smallest absolute Gasteiger partial charge is 0.407 e. The van der Waals surface area contributed by atoms with Gasteiger partial charge < -0.3 is 15.2 Å². The van der Waals surface area contributed by atoms with Gasteiger partial charge in [-0.25, -0.2) is 4.79 Å². The topological polar surface area (TPSA) is 82.4 Å². The molecule has 0 heterocycles. The van der Waals surface area contributed by atoms with Crippen LogP contribution in [0.5, 0.6) is 0 Å². The van der Waals surface area contributed by atoms with Crippen molar-refractivity contribution in [3.63, 3.8) is 0 Å². The zero-order chi connectivity index (χ0) is 17.4. The molecular formula is C18H17ClN2O3. The van der Waals surface area contributed by atoms with Crippen LogP contribution < -0.4 is 5.32 Å². The summed E-state index contributed by atoms with van der Waals surface area (Å²) >= 11 is 6.09. The highest BCUT2D eigenvalue weighted by Gasteiger charge is 2.23. The number of nitrogens with zero attached hydrogens (tertiary/aromatic N) is 1. The molecule has 2 rings (SSSR count). The number of carbonyl (C=O) groups excluding carboxylic acids is 1. The Morgan fingerprint density at radius 1 is 1.21 bits per heavy atom. The monoisotopic (exact) mass is 344 g/mol. The molecule has 0 radical (unpaired) electrons. The van der Waals surface area contributed by atoms with Gasteiger partial charge in [0.25, 0.3) is 0 Å². The van der Waals surface area contributed by atoms with Crippen LogP contribution in [0.25, 0.3) is 0 Å². The summed E-state index contributed by atoms with van der Waals surface area (Å²) < 4.78 is 5.12. The summed E-state index contributed by atoms with van der Waals surface area (Å²) in [6.07, 6.45) is -1.86. The van der Waals surface area contributed by atoms with Crippen LogP contribution in [0.2, 0.25) is 5.02 Å². The number of amides is 1. The van der Waals surface area contributed by atoms with Crippen molar-refractivity contribution in [1.29, 1.82) is 5.26 Å². The zero-order valence-electron chi connectivity index (χ0n) is 12.9. The normalized spacial score (nSPS) is 12.7. The molecule has 24 heavy (non-hydrogen) atoms. The van der Waals surface area contributed by atoms with Gasteiger partial charge in [0, 0.05) is 5.02 Å². The highest BCUT2D eigenvalue weighted by Crippen LogP contribution is 2.17. The lowest BCUT2D eigenvalue weighted by Crippen LogP contribution is -2.44. The van der Waals surface area contributed by atoms with E-state index in [1.165, 1.54) is 0 Å². The SMILES string of the molecule is N#CC(O)C(Cc1ccccc1Cl)NC(=O)OCc1ccccc1. The standard InChI is InChI=1S/C18H17ClN2O3/c19-15-9-5-4-8-14(15)10-16(17(22)11-20)21-18(23)24-12-13-6-2-1-3-7-13/h1-9,16-17,22H,10,12H2,(H,21,23). The van der Waals surface area contributed by atoms with Gasteiger partial charge in [0.1, 0.15) is 6.61 Å². The van der Waals surface area contributed by atoms with E-state index in [9.17, 15) is 9.90 Å². The number of hydrogen-bond donors (Lipinski definition) is 2. The number of carbonyl (C=O) groups is 1. The molecule has 0 fully saturated rings. The number of ether oxygens (including phenoxy) is 1. The lowest BCUT2D eigenvalue weighted by Gasteiger charge is -2.20. The van der Waals surface area contributed by atoms with Crippen molar-refractivity contribution in [2.75, 3.05) is 0 Å². The fraction of sp³-hybridized carbons (Fsp3) is 0.222. The molecule has 2 N–H and O–H groups in total. The van der Waals surface area contributed by atoms with Gasteiger partial charge in [0.15, 0.2) is 6.10 Å². The van der Waals surface area contributed by atoms with Crippen molar-refractivity contribution < 1.29 is 14.6 Å². The highest BCUT2D eigenvalue weighted by atomic mass is 35.5. The van der Waals surface area contributed by atoms with Crippen molar-refractivity contribution in [1.82, 2.24) is 5.32 Å². The summed E-state index contributed by atoms with van der Waals surface area (Å²) in [7, 11) is 0. The molecule has 0 bridgehead atoms. The number of halogens is 1. The zero-order valence-corrected chi connectivity index (χ0v) is 13.6. The molecule has 0 saturated heterocycles. The first-order valence-corrected chi connectivity index (χ1v) is 7.76. The quantitative estimate of drug-likeness (QED) is 0.789. The molecule has 0 aliphatic carbocycles. The maximum Gasteiger partial charge on any atom is 0.407 e.